The highest BCUT2D eigenvalue weighted by Gasteiger charge is 2.20. The number of nitrogens with one attached hydrogen (secondary N) is 1. The zero-order valence-corrected chi connectivity index (χ0v) is 11.6. The number of carbonyl (C=O) groups is 1. The number of hydrogen-bond acceptors (Lipinski definition) is 5. The summed E-state index contributed by atoms with van der Waals surface area (Å²) in [6.45, 7) is 0. The first kappa shape index (κ1) is 13.8. The fourth-order valence-corrected chi connectivity index (χ4v) is 2.67. The maximum atomic E-state index is 12.3. The first-order chi connectivity index (χ1) is 10.1. The molecule has 6 heteroatoms. The number of aromatic nitrogens is 2. The lowest BCUT2D eigenvalue weighted by molar-refractivity contribution is 0.0926. The summed E-state index contributed by atoms with van der Waals surface area (Å²) in [4.78, 5) is 20.3. The van der Waals surface area contributed by atoms with Crippen molar-refractivity contribution in [2.45, 2.75) is 37.8 Å². The monoisotopic (exact) mass is 286 g/mol. The minimum absolute atomic E-state index is 0.104. The third-order valence-electron chi connectivity index (χ3n) is 3.90. The molecule has 0 saturated heterocycles. The Hall–Kier alpha value is -2.21. The molecule has 1 aliphatic carbocycles. The molecule has 4 N–H and O–H groups in total. The molecule has 0 aliphatic heterocycles. The van der Waals surface area contributed by atoms with Crippen molar-refractivity contribution < 1.29 is 9.90 Å². The quantitative estimate of drug-likeness (QED) is 0.773. The summed E-state index contributed by atoms with van der Waals surface area (Å²) in [7, 11) is 0. The fourth-order valence-electron chi connectivity index (χ4n) is 2.67. The van der Waals surface area contributed by atoms with Crippen LogP contribution in [0.1, 0.15) is 36.0 Å². The highest BCUT2D eigenvalue weighted by molar-refractivity contribution is 5.97. The summed E-state index contributed by atoms with van der Waals surface area (Å²) in [5, 5.41) is 12.3. The Morgan fingerprint density at radius 2 is 2.00 bits per heavy atom. The van der Waals surface area contributed by atoms with Crippen molar-refractivity contribution in [3.63, 3.8) is 0 Å². The predicted octanol–water partition coefficient (Wildman–Crippen LogP) is 1.34. The molecule has 0 atom stereocenters. The van der Waals surface area contributed by atoms with E-state index < -0.39 is 0 Å². The molecule has 1 aromatic heterocycles. The first-order valence-corrected chi connectivity index (χ1v) is 7.14. The maximum Gasteiger partial charge on any atom is 0.251 e. The van der Waals surface area contributed by atoms with Crippen molar-refractivity contribution in [3.05, 3.63) is 30.0 Å². The van der Waals surface area contributed by atoms with Gasteiger partial charge in [-0.3, -0.25) is 4.79 Å². The van der Waals surface area contributed by atoms with Crippen LogP contribution in [0.25, 0.3) is 11.0 Å². The summed E-state index contributed by atoms with van der Waals surface area (Å²) in [5.41, 5.74) is 7.57. The Bertz CT molecular complexity index is 666. The van der Waals surface area contributed by atoms with Crippen LogP contribution in [0.2, 0.25) is 0 Å². The second-order valence-corrected chi connectivity index (χ2v) is 5.52. The van der Waals surface area contributed by atoms with Crippen LogP contribution in [0, 0.1) is 0 Å². The molecule has 6 nitrogen and oxygen atoms in total. The van der Waals surface area contributed by atoms with Crippen molar-refractivity contribution >= 4 is 16.9 Å². The molecule has 0 radical (unpaired) electrons. The van der Waals surface area contributed by atoms with Crippen LogP contribution in [-0.4, -0.2) is 33.1 Å². The second kappa shape index (κ2) is 5.65. The van der Waals surface area contributed by atoms with Crippen LogP contribution in [0.15, 0.2) is 24.4 Å². The minimum Gasteiger partial charge on any atom is -0.492 e. The van der Waals surface area contributed by atoms with Gasteiger partial charge in [0.1, 0.15) is 0 Å². The summed E-state index contributed by atoms with van der Waals surface area (Å²) in [6.07, 6.45) is 5.02. The Labute approximate surface area is 122 Å². The molecule has 2 aromatic rings. The van der Waals surface area contributed by atoms with E-state index in [9.17, 15) is 9.90 Å². The highest BCUT2D eigenvalue weighted by atomic mass is 16.3. The van der Waals surface area contributed by atoms with Gasteiger partial charge in [0.05, 0.1) is 17.2 Å². The fraction of sp³-hybridized carbons (Fsp3) is 0.400. The zero-order chi connectivity index (χ0) is 14.8. The predicted molar refractivity (Wildman–Crippen MR) is 78.9 cm³/mol. The molecular weight excluding hydrogens is 268 g/mol. The first-order valence-electron chi connectivity index (χ1n) is 7.14. The van der Waals surface area contributed by atoms with Gasteiger partial charge in [0.15, 0.2) is 0 Å². The van der Waals surface area contributed by atoms with Crippen molar-refractivity contribution in [3.8, 4) is 5.88 Å². The number of nitrogens with two attached hydrogens (primary N) is 1. The van der Waals surface area contributed by atoms with Gasteiger partial charge in [0, 0.05) is 17.6 Å². The number of amides is 1. The van der Waals surface area contributed by atoms with E-state index in [1.165, 1.54) is 6.20 Å². The van der Waals surface area contributed by atoms with Gasteiger partial charge >= 0.3 is 0 Å². The molecule has 1 heterocycles. The Kier molecular flexibility index (Phi) is 3.70. The standard InChI is InChI=1S/C15H18N4O2/c16-10-2-4-11(5-3-10)18-15(21)9-1-6-12-13(7-9)17-8-14(20)19-12/h1,6-8,10-11H,2-5,16H2,(H,18,21)(H,19,20). The SMILES string of the molecule is NC1CCC(NC(=O)c2ccc3nc(O)cnc3c2)CC1. The lowest BCUT2D eigenvalue weighted by Gasteiger charge is -2.26. The molecule has 1 fully saturated rings. The van der Waals surface area contributed by atoms with E-state index in [4.69, 9.17) is 5.73 Å². The van der Waals surface area contributed by atoms with Gasteiger partial charge in [-0.15, -0.1) is 0 Å². The van der Waals surface area contributed by atoms with Crippen molar-refractivity contribution in [2.24, 2.45) is 5.73 Å². The lowest BCUT2D eigenvalue weighted by atomic mass is 9.91. The third kappa shape index (κ3) is 3.11. The highest BCUT2D eigenvalue weighted by Crippen LogP contribution is 2.18. The second-order valence-electron chi connectivity index (χ2n) is 5.52. The lowest BCUT2D eigenvalue weighted by Crippen LogP contribution is -2.40. The van der Waals surface area contributed by atoms with Crippen LogP contribution in [0.4, 0.5) is 0 Å². The number of aromatic hydroxyl groups is 1. The maximum absolute atomic E-state index is 12.3. The molecule has 1 aromatic carbocycles. The number of hydrogen-bond donors (Lipinski definition) is 3. The van der Waals surface area contributed by atoms with Crippen LogP contribution in [0.5, 0.6) is 5.88 Å². The van der Waals surface area contributed by atoms with Gasteiger partial charge < -0.3 is 16.2 Å². The Morgan fingerprint density at radius 1 is 1.24 bits per heavy atom. The molecule has 1 aliphatic rings. The van der Waals surface area contributed by atoms with Crippen LogP contribution < -0.4 is 11.1 Å². The van der Waals surface area contributed by atoms with E-state index in [0.717, 1.165) is 25.7 Å². The van der Waals surface area contributed by atoms with E-state index in [-0.39, 0.29) is 23.9 Å². The van der Waals surface area contributed by atoms with Gasteiger partial charge in [-0.1, -0.05) is 0 Å². The van der Waals surface area contributed by atoms with E-state index in [1.54, 1.807) is 18.2 Å². The van der Waals surface area contributed by atoms with Crippen molar-refractivity contribution in [1.29, 1.82) is 0 Å². The molecule has 1 amide bonds. The van der Waals surface area contributed by atoms with Crippen LogP contribution >= 0.6 is 0 Å². The van der Waals surface area contributed by atoms with Crippen LogP contribution in [-0.2, 0) is 0 Å². The molecule has 21 heavy (non-hydrogen) atoms. The van der Waals surface area contributed by atoms with E-state index in [0.29, 0.717) is 16.6 Å². The Balaban J connectivity index is 1.74. The van der Waals surface area contributed by atoms with Gasteiger partial charge in [0.25, 0.3) is 5.91 Å². The average molecular weight is 286 g/mol. The van der Waals surface area contributed by atoms with E-state index in [2.05, 4.69) is 15.3 Å². The van der Waals surface area contributed by atoms with Gasteiger partial charge in [-0.25, -0.2) is 9.97 Å². The Morgan fingerprint density at radius 3 is 2.76 bits per heavy atom. The van der Waals surface area contributed by atoms with Gasteiger partial charge in [-0.05, 0) is 43.9 Å². The summed E-state index contributed by atoms with van der Waals surface area (Å²) in [5.74, 6) is -0.231. The average Bonchev–Trinajstić information content (AvgIpc) is 2.49. The topological polar surface area (TPSA) is 101 Å². The molecule has 0 bridgehead atoms. The molecular formula is C15H18N4O2. The third-order valence-corrected chi connectivity index (χ3v) is 3.90. The minimum atomic E-state index is -0.127. The number of rotatable bonds is 2. The van der Waals surface area contributed by atoms with E-state index in [1.807, 2.05) is 0 Å². The number of nitrogens with zero attached hydrogens (tertiary/aromatic N) is 2. The molecule has 110 valence electrons. The van der Waals surface area contributed by atoms with E-state index >= 15 is 0 Å². The van der Waals surface area contributed by atoms with Gasteiger partial charge in [-0.2, -0.15) is 0 Å². The molecule has 1 saturated carbocycles. The molecule has 3 rings (SSSR count). The summed E-state index contributed by atoms with van der Waals surface area (Å²) < 4.78 is 0. The summed E-state index contributed by atoms with van der Waals surface area (Å²) >= 11 is 0. The molecule has 0 spiro atoms. The van der Waals surface area contributed by atoms with Crippen molar-refractivity contribution in [2.75, 3.05) is 0 Å². The van der Waals surface area contributed by atoms with Crippen LogP contribution in [0.3, 0.4) is 0 Å². The largest absolute Gasteiger partial charge is 0.492 e. The smallest absolute Gasteiger partial charge is 0.251 e. The van der Waals surface area contributed by atoms with Gasteiger partial charge in [0.2, 0.25) is 5.88 Å². The normalized spacial score (nSPS) is 22.1. The number of fused-ring (bicyclic) bond motifs is 1. The summed E-state index contributed by atoms with van der Waals surface area (Å²) in [6, 6.07) is 5.53. The molecule has 0 unspecified atom stereocenters. The number of carbonyl (C=O) groups excluding carboxylic acids is 1. The van der Waals surface area contributed by atoms with Crippen molar-refractivity contribution in [1.82, 2.24) is 15.3 Å². The number of benzene rings is 1. The zero-order valence-electron chi connectivity index (χ0n) is 11.6.